The van der Waals surface area contributed by atoms with Crippen LogP contribution in [0.5, 0.6) is 5.75 Å². The third kappa shape index (κ3) is 5.48. The van der Waals surface area contributed by atoms with Gasteiger partial charge in [-0.25, -0.2) is 0 Å². The van der Waals surface area contributed by atoms with E-state index >= 15 is 0 Å². The van der Waals surface area contributed by atoms with E-state index in [1.54, 1.807) is 19.1 Å². The highest BCUT2D eigenvalue weighted by molar-refractivity contribution is 6.30. The molecule has 0 aliphatic heterocycles. The van der Waals surface area contributed by atoms with Gasteiger partial charge in [-0.15, -0.1) is 11.6 Å². The van der Waals surface area contributed by atoms with Crippen LogP contribution in [-0.2, 0) is 9.59 Å². The number of benzene rings is 1. The maximum atomic E-state index is 11.8. The highest BCUT2D eigenvalue weighted by Gasteiger charge is 2.10. The van der Waals surface area contributed by atoms with Gasteiger partial charge in [-0.05, 0) is 26.0 Å². The quantitative estimate of drug-likeness (QED) is 0.758. The number of hydrogen-bond donors (Lipinski definition) is 2. The number of ether oxygens (including phenoxy) is 1. The molecule has 110 valence electrons. The van der Waals surface area contributed by atoms with Crippen LogP contribution in [-0.4, -0.2) is 30.3 Å². The van der Waals surface area contributed by atoms with Gasteiger partial charge in [0.25, 0.3) is 0 Å². The molecule has 0 radical (unpaired) electrons. The van der Waals surface area contributed by atoms with E-state index in [1.807, 2.05) is 19.1 Å². The monoisotopic (exact) mass is 298 g/mol. The molecule has 0 saturated heterocycles. The second-order valence-corrected chi connectivity index (χ2v) is 4.79. The zero-order valence-electron chi connectivity index (χ0n) is 11.6. The average Bonchev–Trinajstić information content (AvgIpc) is 2.41. The zero-order valence-corrected chi connectivity index (χ0v) is 12.4. The van der Waals surface area contributed by atoms with E-state index < -0.39 is 5.38 Å². The molecule has 6 heteroatoms. The SMILES string of the molecule is CCOc1ccccc1NC(=O)CCNC(=O)[C@@H](C)Cl. The molecule has 0 aliphatic carbocycles. The molecule has 5 nitrogen and oxygen atoms in total. The largest absolute Gasteiger partial charge is 0.492 e. The lowest BCUT2D eigenvalue weighted by atomic mass is 10.2. The molecule has 20 heavy (non-hydrogen) atoms. The number of hydrogen-bond acceptors (Lipinski definition) is 3. The van der Waals surface area contributed by atoms with Crippen LogP contribution in [0.1, 0.15) is 20.3 Å². The molecule has 0 unspecified atom stereocenters. The molecule has 1 atom stereocenters. The minimum absolute atomic E-state index is 0.176. The number of carbonyl (C=O) groups is 2. The van der Waals surface area contributed by atoms with Crippen molar-refractivity contribution >= 4 is 29.1 Å². The number of para-hydroxylation sites is 2. The van der Waals surface area contributed by atoms with Gasteiger partial charge in [-0.3, -0.25) is 9.59 Å². The van der Waals surface area contributed by atoms with Crippen molar-refractivity contribution in [1.29, 1.82) is 0 Å². The fourth-order valence-corrected chi connectivity index (χ4v) is 1.58. The first-order chi connectivity index (χ1) is 9.54. The number of anilines is 1. The molecule has 1 rings (SSSR count). The van der Waals surface area contributed by atoms with Crippen molar-refractivity contribution in [3.05, 3.63) is 24.3 Å². The minimum Gasteiger partial charge on any atom is -0.492 e. The Morgan fingerprint density at radius 3 is 2.70 bits per heavy atom. The van der Waals surface area contributed by atoms with E-state index in [-0.39, 0.29) is 24.8 Å². The number of halogens is 1. The third-order valence-electron chi connectivity index (χ3n) is 2.47. The van der Waals surface area contributed by atoms with Crippen LogP contribution in [0.2, 0.25) is 0 Å². The summed E-state index contributed by atoms with van der Waals surface area (Å²) < 4.78 is 5.41. The van der Waals surface area contributed by atoms with Crippen LogP contribution >= 0.6 is 11.6 Å². The number of amides is 2. The van der Waals surface area contributed by atoms with Crippen LogP contribution < -0.4 is 15.4 Å². The van der Waals surface area contributed by atoms with Crippen molar-refractivity contribution in [2.45, 2.75) is 25.6 Å². The van der Waals surface area contributed by atoms with Crippen molar-refractivity contribution < 1.29 is 14.3 Å². The third-order valence-corrected chi connectivity index (χ3v) is 2.67. The van der Waals surface area contributed by atoms with Gasteiger partial charge in [0.1, 0.15) is 11.1 Å². The Balaban J connectivity index is 2.44. The summed E-state index contributed by atoms with van der Waals surface area (Å²) in [6.45, 7) is 4.23. The highest BCUT2D eigenvalue weighted by atomic mass is 35.5. The van der Waals surface area contributed by atoms with Crippen molar-refractivity contribution in [3.63, 3.8) is 0 Å². The molecule has 0 spiro atoms. The zero-order chi connectivity index (χ0) is 15.0. The molecule has 2 N–H and O–H groups in total. The van der Waals surface area contributed by atoms with Gasteiger partial charge in [0, 0.05) is 13.0 Å². The lowest BCUT2D eigenvalue weighted by Gasteiger charge is -2.11. The maximum Gasteiger partial charge on any atom is 0.237 e. The normalized spacial score (nSPS) is 11.6. The van der Waals surface area contributed by atoms with Gasteiger partial charge >= 0.3 is 0 Å². The maximum absolute atomic E-state index is 11.8. The van der Waals surface area contributed by atoms with Crippen LogP contribution in [0.3, 0.4) is 0 Å². The number of alkyl halides is 1. The van der Waals surface area contributed by atoms with Gasteiger partial charge in [-0.2, -0.15) is 0 Å². The van der Waals surface area contributed by atoms with Crippen molar-refractivity contribution in [2.75, 3.05) is 18.5 Å². The van der Waals surface area contributed by atoms with Crippen LogP contribution in [0.25, 0.3) is 0 Å². The van der Waals surface area contributed by atoms with Gasteiger partial charge in [0.2, 0.25) is 11.8 Å². The summed E-state index contributed by atoms with van der Waals surface area (Å²) in [5.74, 6) is 0.149. The first-order valence-corrected chi connectivity index (χ1v) is 6.91. The molecular weight excluding hydrogens is 280 g/mol. The molecule has 0 aliphatic rings. The van der Waals surface area contributed by atoms with E-state index in [0.717, 1.165) is 0 Å². The van der Waals surface area contributed by atoms with Gasteiger partial charge in [0.05, 0.1) is 12.3 Å². The van der Waals surface area contributed by atoms with Gasteiger partial charge in [-0.1, -0.05) is 12.1 Å². The second-order valence-electron chi connectivity index (χ2n) is 4.13. The highest BCUT2D eigenvalue weighted by Crippen LogP contribution is 2.23. The average molecular weight is 299 g/mol. The fourth-order valence-electron chi connectivity index (χ4n) is 1.50. The predicted molar refractivity (Wildman–Crippen MR) is 79.2 cm³/mol. The Morgan fingerprint density at radius 2 is 2.05 bits per heavy atom. The molecule has 2 amide bonds. The Hall–Kier alpha value is -1.75. The smallest absolute Gasteiger partial charge is 0.237 e. The topological polar surface area (TPSA) is 67.4 Å². The van der Waals surface area contributed by atoms with E-state index in [2.05, 4.69) is 10.6 Å². The summed E-state index contributed by atoms with van der Waals surface area (Å²) in [6, 6.07) is 7.20. The minimum atomic E-state index is -0.600. The summed E-state index contributed by atoms with van der Waals surface area (Å²) in [5.41, 5.74) is 0.622. The van der Waals surface area contributed by atoms with Gasteiger partial charge in [0.15, 0.2) is 0 Å². The van der Waals surface area contributed by atoms with Crippen LogP contribution in [0, 0.1) is 0 Å². The molecule has 1 aromatic rings. The van der Waals surface area contributed by atoms with Crippen molar-refractivity contribution in [2.24, 2.45) is 0 Å². The fraction of sp³-hybridized carbons (Fsp3) is 0.429. The second kappa shape index (κ2) is 8.43. The summed E-state index contributed by atoms with van der Waals surface area (Å²) in [5, 5.41) is 4.73. The van der Waals surface area contributed by atoms with Crippen molar-refractivity contribution in [3.8, 4) is 5.75 Å². The number of rotatable bonds is 7. The van der Waals surface area contributed by atoms with Gasteiger partial charge < -0.3 is 15.4 Å². The Morgan fingerprint density at radius 1 is 1.35 bits per heavy atom. The van der Waals surface area contributed by atoms with Crippen molar-refractivity contribution in [1.82, 2.24) is 5.32 Å². The lowest BCUT2D eigenvalue weighted by molar-refractivity contribution is -0.120. The number of carbonyl (C=O) groups excluding carboxylic acids is 2. The summed E-state index contributed by atoms with van der Waals surface area (Å²) in [7, 11) is 0. The summed E-state index contributed by atoms with van der Waals surface area (Å²) >= 11 is 5.60. The Bertz CT molecular complexity index is 463. The standard InChI is InChI=1S/C14H19ClN2O3/c1-3-20-12-7-5-4-6-11(12)17-13(18)8-9-16-14(19)10(2)15/h4-7,10H,3,8-9H2,1-2H3,(H,16,19)(H,17,18)/t10-/m1/s1. The molecule has 1 aromatic carbocycles. The lowest BCUT2D eigenvalue weighted by Crippen LogP contribution is -2.32. The van der Waals surface area contributed by atoms with Crippen LogP contribution in [0.4, 0.5) is 5.69 Å². The Kier molecular flexibility index (Phi) is 6.87. The molecular formula is C14H19ClN2O3. The van der Waals surface area contributed by atoms with E-state index in [0.29, 0.717) is 18.0 Å². The van der Waals surface area contributed by atoms with E-state index in [4.69, 9.17) is 16.3 Å². The first-order valence-electron chi connectivity index (χ1n) is 6.48. The molecule has 0 bridgehead atoms. The summed E-state index contributed by atoms with van der Waals surface area (Å²) in [6.07, 6.45) is 0.176. The number of nitrogens with one attached hydrogen (secondary N) is 2. The molecule has 0 aromatic heterocycles. The van der Waals surface area contributed by atoms with Crippen LogP contribution in [0.15, 0.2) is 24.3 Å². The van der Waals surface area contributed by atoms with E-state index in [1.165, 1.54) is 0 Å². The molecule has 0 saturated carbocycles. The van der Waals surface area contributed by atoms with E-state index in [9.17, 15) is 9.59 Å². The summed E-state index contributed by atoms with van der Waals surface area (Å²) in [4.78, 5) is 23.0. The first kappa shape index (κ1) is 16.3. The predicted octanol–water partition coefficient (Wildman–Crippen LogP) is 2.16. The Labute approximate surface area is 123 Å². The molecule has 0 heterocycles. The molecule has 0 fully saturated rings.